The fraction of sp³-hybridized carbons (Fsp3) is 0.364. The highest BCUT2D eigenvalue weighted by atomic mass is 35.5. The summed E-state index contributed by atoms with van der Waals surface area (Å²) in [6, 6.07) is 6.57. The molecule has 0 heterocycles. The van der Waals surface area contributed by atoms with E-state index in [0.717, 1.165) is 12.8 Å². The first-order valence-corrected chi connectivity index (χ1v) is 7.66. The van der Waals surface area contributed by atoms with Crippen LogP contribution in [-0.2, 0) is 10.0 Å². The largest absolute Gasteiger partial charge is 0.349 e. The van der Waals surface area contributed by atoms with Crippen LogP contribution in [0.4, 0.5) is 5.69 Å². The molecule has 98 valence electrons. The van der Waals surface area contributed by atoms with Gasteiger partial charge in [0.25, 0.3) is 5.91 Å². The van der Waals surface area contributed by atoms with Gasteiger partial charge < -0.3 is 5.32 Å². The number of anilines is 1. The van der Waals surface area contributed by atoms with Crippen molar-refractivity contribution in [3.8, 4) is 0 Å². The molecule has 0 saturated heterocycles. The highest BCUT2D eigenvalue weighted by Gasteiger charge is 2.23. The SMILES string of the molecule is O=C(NC1CC1)c1cccc(NS(=O)(=O)CCl)c1. The Balaban J connectivity index is 2.11. The second-order valence-corrected chi connectivity index (χ2v) is 6.46. The van der Waals surface area contributed by atoms with Gasteiger partial charge in [-0.3, -0.25) is 9.52 Å². The van der Waals surface area contributed by atoms with E-state index in [0.29, 0.717) is 11.3 Å². The van der Waals surface area contributed by atoms with Gasteiger partial charge in [0.1, 0.15) is 5.21 Å². The third-order valence-electron chi connectivity index (χ3n) is 2.45. The minimum Gasteiger partial charge on any atom is -0.349 e. The van der Waals surface area contributed by atoms with E-state index in [2.05, 4.69) is 10.0 Å². The van der Waals surface area contributed by atoms with Gasteiger partial charge in [-0.1, -0.05) is 6.07 Å². The van der Waals surface area contributed by atoms with E-state index < -0.39 is 15.2 Å². The number of sulfonamides is 1. The van der Waals surface area contributed by atoms with Gasteiger partial charge >= 0.3 is 0 Å². The number of rotatable bonds is 5. The molecule has 1 aromatic rings. The van der Waals surface area contributed by atoms with Gasteiger partial charge in [0, 0.05) is 17.3 Å². The molecule has 1 aliphatic carbocycles. The third kappa shape index (κ3) is 3.61. The standard InChI is InChI=1S/C11H13ClN2O3S/c12-7-18(16,17)14-10-3-1-2-8(6-10)11(15)13-9-4-5-9/h1-3,6,9,14H,4-5,7H2,(H,13,15). The molecule has 2 N–H and O–H groups in total. The van der Waals surface area contributed by atoms with Gasteiger partial charge in [0.05, 0.1) is 0 Å². The number of carbonyl (C=O) groups is 1. The summed E-state index contributed by atoms with van der Waals surface area (Å²) in [5.41, 5.74) is 0.760. The Morgan fingerprint density at radius 1 is 1.39 bits per heavy atom. The van der Waals surface area contributed by atoms with Crippen molar-refractivity contribution in [1.82, 2.24) is 5.32 Å². The van der Waals surface area contributed by atoms with Crippen LogP contribution in [-0.4, -0.2) is 25.6 Å². The molecule has 1 aliphatic rings. The summed E-state index contributed by atoms with van der Waals surface area (Å²) >= 11 is 5.29. The highest BCUT2D eigenvalue weighted by molar-refractivity contribution is 7.93. The lowest BCUT2D eigenvalue weighted by Crippen LogP contribution is -2.25. The zero-order valence-electron chi connectivity index (χ0n) is 9.52. The molecular formula is C11H13ClN2O3S. The molecule has 0 aliphatic heterocycles. The van der Waals surface area contributed by atoms with E-state index in [1.165, 1.54) is 6.07 Å². The third-order valence-corrected chi connectivity index (χ3v) is 4.15. The Morgan fingerprint density at radius 2 is 2.11 bits per heavy atom. The van der Waals surface area contributed by atoms with Crippen LogP contribution in [0.25, 0.3) is 0 Å². The molecule has 0 unspecified atom stereocenters. The van der Waals surface area contributed by atoms with Crippen molar-refractivity contribution in [3.05, 3.63) is 29.8 Å². The Kier molecular flexibility index (Phi) is 3.77. The number of nitrogens with one attached hydrogen (secondary N) is 2. The molecule has 0 aromatic heterocycles. The summed E-state index contributed by atoms with van der Waals surface area (Å²) in [7, 11) is -3.54. The maximum Gasteiger partial charge on any atom is 0.251 e. The number of hydrogen-bond acceptors (Lipinski definition) is 3. The number of benzene rings is 1. The summed E-state index contributed by atoms with van der Waals surface area (Å²) in [5, 5.41) is 2.31. The quantitative estimate of drug-likeness (QED) is 0.807. The lowest BCUT2D eigenvalue weighted by molar-refractivity contribution is 0.0951. The van der Waals surface area contributed by atoms with Crippen LogP contribution in [0, 0.1) is 0 Å². The molecule has 1 saturated carbocycles. The smallest absolute Gasteiger partial charge is 0.251 e. The summed E-state index contributed by atoms with van der Waals surface area (Å²) in [5.74, 6) is -0.190. The van der Waals surface area contributed by atoms with Crippen molar-refractivity contribution in [3.63, 3.8) is 0 Å². The fourth-order valence-electron chi connectivity index (χ4n) is 1.43. The minimum atomic E-state index is -3.54. The normalized spacial score (nSPS) is 15.2. The Bertz CT molecular complexity index is 555. The zero-order chi connectivity index (χ0) is 13.2. The minimum absolute atomic E-state index is 0.190. The summed E-state index contributed by atoms with van der Waals surface area (Å²) in [4.78, 5) is 11.8. The highest BCUT2D eigenvalue weighted by Crippen LogP contribution is 2.20. The molecule has 18 heavy (non-hydrogen) atoms. The first-order chi connectivity index (χ1) is 8.50. The topological polar surface area (TPSA) is 75.3 Å². The number of carbonyl (C=O) groups excluding carboxylic acids is 1. The molecule has 5 nitrogen and oxygen atoms in total. The van der Waals surface area contributed by atoms with E-state index in [9.17, 15) is 13.2 Å². The van der Waals surface area contributed by atoms with Crippen LogP contribution in [0.3, 0.4) is 0 Å². The van der Waals surface area contributed by atoms with Gasteiger partial charge in [0.2, 0.25) is 10.0 Å². The van der Waals surface area contributed by atoms with Gasteiger partial charge in [-0.05, 0) is 31.0 Å². The van der Waals surface area contributed by atoms with Crippen molar-refractivity contribution < 1.29 is 13.2 Å². The molecule has 1 amide bonds. The molecule has 0 radical (unpaired) electrons. The Morgan fingerprint density at radius 3 is 2.72 bits per heavy atom. The lowest BCUT2D eigenvalue weighted by atomic mass is 10.2. The average Bonchev–Trinajstić information content (AvgIpc) is 3.13. The van der Waals surface area contributed by atoms with Gasteiger partial charge in [0.15, 0.2) is 0 Å². The van der Waals surface area contributed by atoms with Crippen molar-refractivity contribution in [1.29, 1.82) is 0 Å². The van der Waals surface area contributed by atoms with Crippen LogP contribution in [0.2, 0.25) is 0 Å². The van der Waals surface area contributed by atoms with Crippen molar-refractivity contribution in [2.75, 3.05) is 9.93 Å². The van der Waals surface area contributed by atoms with Crippen LogP contribution in [0.5, 0.6) is 0 Å². The first kappa shape index (κ1) is 13.2. The van der Waals surface area contributed by atoms with E-state index in [-0.39, 0.29) is 11.9 Å². The van der Waals surface area contributed by atoms with Crippen LogP contribution >= 0.6 is 11.6 Å². The molecule has 0 bridgehead atoms. The number of amides is 1. The van der Waals surface area contributed by atoms with Crippen molar-refractivity contribution in [2.45, 2.75) is 18.9 Å². The van der Waals surface area contributed by atoms with Crippen LogP contribution in [0.1, 0.15) is 23.2 Å². The number of hydrogen-bond donors (Lipinski definition) is 2. The van der Waals surface area contributed by atoms with Crippen LogP contribution < -0.4 is 10.0 Å². The summed E-state index contributed by atoms with van der Waals surface area (Å²) < 4.78 is 24.9. The Hall–Kier alpha value is -1.27. The number of halogens is 1. The summed E-state index contributed by atoms with van der Waals surface area (Å²) in [6.07, 6.45) is 2.01. The monoisotopic (exact) mass is 288 g/mol. The molecular weight excluding hydrogens is 276 g/mol. The molecule has 1 aromatic carbocycles. The maximum absolute atomic E-state index is 11.8. The first-order valence-electron chi connectivity index (χ1n) is 5.47. The molecule has 0 atom stereocenters. The predicted molar refractivity (Wildman–Crippen MR) is 70.2 cm³/mol. The Labute approximate surface area is 111 Å². The van der Waals surface area contributed by atoms with E-state index in [1.807, 2.05) is 0 Å². The zero-order valence-corrected chi connectivity index (χ0v) is 11.1. The van der Waals surface area contributed by atoms with E-state index in [4.69, 9.17) is 11.6 Å². The molecule has 0 spiro atoms. The van der Waals surface area contributed by atoms with Crippen LogP contribution in [0.15, 0.2) is 24.3 Å². The van der Waals surface area contributed by atoms with Gasteiger partial charge in [-0.15, -0.1) is 11.6 Å². The van der Waals surface area contributed by atoms with Gasteiger partial charge in [-0.25, -0.2) is 8.42 Å². The number of alkyl halides is 1. The predicted octanol–water partition coefficient (Wildman–Crippen LogP) is 1.52. The van der Waals surface area contributed by atoms with Gasteiger partial charge in [-0.2, -0.15) is 0 Å². The maximum atomic E-state index is 11.8. The lowest BCUT2D eigenvalue weighted by Gasteiger charge is -2.07. The van der Waals surface area contributed by atoms with Crippen molar-refractivity contribution >= 4 is 33.2 Å². The van der Waals surface area contributed by atoms with E-state index >= 15 is 0 Å². The average molecular weight is 289 g/mol. The second-order valence-electron chi connectivity index (χ2n) is 4.15. The summed E-state index contributed by atoms with van der Waals surface area (Å²) in [6.45, 7) is 0. The van der Waals surface area contributed by atoms with Crippen molar-refractivity contribution in [2.24, 2.45) is 0 Å². The van der Waals surface area contributed by atoms with E-state index in [1.54, 1.807) is 18.2 Å². The fourth-order valence-corrected chi connectivity index (χ4v) is 2.13. The molecule has 7 heteroatoms. The molecule has 1 fully saturated rings. The second kappa shape index (κ2) is 5.16. The molecule has 2 rings (SSSR count).